The van der Waals surface area contributed by atoms with Gasteiger partial charge in [-0.15, -0.1) is 0 Å². The lowest BCUT2D eigenvalue weighted by molar-refractivity contribution is -0.864. The molecule has 0 unspecified atom stereocenters. The van der Waals surface area contributed by atoms with Crippen LogP contribution < -0.4 is 15.4 Å². The minimum atomic E-state index is -4.10. The van der Waals surface area contributed by atoms with Gasteiger partial charge in [-0.25, -0.2) is 0 Å². The summed E-state index contributed by atoms with van der Waals surface area (Å²) in [7, 11) is -2.61. The van der Waals surface area contributed by atoms with E-state index in [-0.39, 0.29) is 38.4 Å². The van der Waals surface area contributed by atoms with E-state index in [9.17, 15) is 23.2 Å². The normalized spacial score (nSPS) is 18.4. The number of nitrogens with one attached hydrogen (secondary N) is 2. The summed E-state index contributed by atoms with van der Waals surface area (Å²) in [5.41, 5.74) is 6.18. The number of rotatable bonds is 9. The number of nitrogens with zero attached hydrogens (tertiary/aromatic N) is 4. The molecule has 1 aromatic carbocycles. The van der Waals surface area contributed by atoms with Crippen molar-refractivity contribution in [2.75, 3.05) is 38.1 Å². The van der Waals surface area contributed by atoms with Crippen molar-refractivity contribution in [1.29, 1.82) is 0 Å². The summed E-state index contributed by atoms with van der Waals surface area (Å²) in [5.74, 6) is -1.22. The highest BCUT2D eigenvalue weighted by molar-refractivity contribution is 7.87. The van der Waals surface area contributed by atoms with E-state index in [1.807, 2.05) is 6.07 Å². The van der Waals surface area contributed by atoms with Crippen molar-refractivity contribution < 1.29 is 22.7 Å². The average molecular weight is 480 g/mol. The standard InChI is InChI=1S/C20H29N7O5S/c1-15(19(21)28)26(18-8-9-22-23-18)20(29)17(14-16-6-4-3-5-7-16)24-33(31,32)25-10-12-27(2,30)13-11-25/h3-9,15,17,24H,10-14H2,1-2H3,(H2,21,28)(H,22,23)/t15-,17-/m0/s1. The fourth-order valence-corrected chi connectivity index (χ4v) is 4.93. The second-order valence-electron chi connectivity index (χ2n) is 8.24. The summed E-state index contributed by atoms with van der Waals surface area (Å²) < 4.78 is 29.4. The fourth-order valence-electron chi connectivity index (χ4n) is 3.59. The molecule has 0 aliphatic carbocycles. The number of nitrogens with two attached hydrogens (primary N) is 1. The fraction of sp³-hybridized carbons (Fsp3) is 0.450. The molecule has 13 heteroatoms. The van der Waals surface area contributed by atoms with Gasteiger partial charge in [0.1, 0.15) is 17.9 Å². The molecule has 0 saturated carbocycles. The number of quaternary nitrogens is 1. The first-order chi connectivity index (χ1) is 15.5. The van der Waals surface area contributed by atoms with E-state index in [2.05, 4.69) is 14.9 Å². The quantitative estimate of drug-likeness (QED) is 0.319. The van der Waals surface area contributed by atoms with Gasteiger partial charge >= 0.3 is 0 Å². The summed E-state index contributed by atoms with van der Waals surface area (Å²) in [5, 5.41) is 18.6. The topological polar surface area (TPSA) is 165 Å². The van der Waals surface area contributed by atoms with Crippen molar-refractivity contribution in [2.24, 2.45) is 5.73 Å². The smallest absolute Gasteiger partial charge is 0.280 e. The van der Waals surface area contributed by atoms with Crippen molar-refractivity contribution >= 4 is 27.8 Å². The largest absolute Gasteiger partial charge is 0.633 e. The molecular weight excluding hydrogens is 450 g/mol. The highest BCUT2D eigenvalue weighted by Gasteiger charge is 2.37. The Kier molecular flexibility index (Phi) is 7.49. The van der Waals surface area contributed by atoms with E-state index in [0.717, 1.165) is 14.8 Å². The summed E-state index contributed by atoms with van der Waals surface area (Å²) in [6.07, 6.45) is 1.45. The van der Waals surface area contributed by atoms with E-state index in [1.165, 1.54) is 26.2 Å². The number of amides is 2. The minimum absolute atomic E-state index is 0.0313. The minimum Gasteiger partial charge on any atom is -0.633 e. The Morgan fingerprint density at radius 2 is 1.91 bits per heavy atom. The maximum absolute atomic E-state index is 13.6. The van der Waals surface area contributed by atoms with Gasteiger partial charge in [-0.1, -0.05) is 30.3 Å². The molecule has 12 nitrogen and oxygen atoms in total. The molecule has 1 aliphatic rings. The van der Waals surface area contributed by atoms with E-state index < -0.39 is 38.8 Å². The number of piperazine rings is 1. The molecule has 2 aromatic rings. The highest BCUT2D eigenvalue weighted by atomic mass is 32.2. The monoisotopic (exact) mass is 479 g/mol. The summed E-state index contributed by atoms with van der Waals surface area (Å²) in [6.45, 7) is 1.73. The maximum Gasteiger partial charge on any atom is 0.280 e. The third-order valence-corrected chi connectivity index (χ3v) is 7.27. The second-order valence-corrected chi connectivity index (χ2v) is 9.94. The van der Waals surface area contributed by atoms with Gasteiger partial charge in [-0.05, 0) is 18.9 Å². The summed E-state index contributed by atoms with van der Waals surface area (Å²) >= 11 is 0. The molecule has 1 fully saturated rings. The van der Waals surface area contributed by atoms with Crippen LogP contribution in [0.4, 0.5) is 5.82 Å². The molecule has 4 N–H and O–H groups in total. The summed E-state index contributed by atoms with van der Waals surface area (Å²) in [4.78, 5) is 26.7. The molecule has 3 rings (SSSR count). The number of H-pyrrole nitrogens is 1. The molecule has 1 saturated heterocycles. The molecule has 0 radical (unpaired) electrons. The highest BCUT2D eigenvalue weighted by Crippen LogP contribution is 2.18. The Labute approximate surface area is 192 Å². The third-order valence-electron chi connectivity index (χ3n) is 5.64. The van der Waals surface area contributed by atoms with E-state index in [4.69, 9.17) is 5.73 Å². The zero-order chi connectivity index (χ0) is 24.2. The maximum atomic E-state index is 13.6. The lowest BCUT2D eigenvalue weighted by Crippen LogP contribution is -2.60. The van der Waals surface area contributed by atoms with Crippen LogP contribution in [0.5, 0.6) is 0 Å². The van der Waals surface area contributed by atoms with Crippen molar-refractivity contribution in [1.82, 2.24) is 19.2 Å². The number of benzene rings is 1. The van der Waals surface area contributed by atoms with E-state index in [1.54, 1.807) is 24.3 Å². The van der Waals surface area contributed by atoms with Crippen LogP contribution in [0.1, 0.15) is 12.5 Å². The predicted octanol–water partition coefficient (Wildman–Crippen LogP) is -0.678. The molecule has 2 heterocycles. The van der Waals surface area contributed by atoms with Crippen LogP contribution in [0, 0.1) is 5.21 Å². The zero-order valence-electron chi connectivity index (χ0n) is 18.5. The number of carbonyl (C=O) groups excluding carboxylic acids is 2. The molecule has 180 valence electrons. The first-order valence-corrected chi connectivity index (χ1v) is 11.9. The average Bonchev–Trinajstić information content (AvgIpc) is 3.28. The van der Waals surface area contributed by atoms with E-state index >= 15 is 0 Å². The van der Waals surface area contributed by atoms with Gasteiger partial charge in [0.15, 0.2) is 0 Å². The Morgan fingerprint density at radius 3 is 2.45 bits per heavy atom. The lowest BCUT2D eigenvalue weighted by Gasteiger charge is -2.44. The number of carbonyl (C=O) groups is 2. The van der Waals surface area contributed by atoms with Crippen LogP contribution >= 0.6 is 0 Å². The molecule has 0 bridgehead atoms. The molecule has 1 aliphatic heterocycles. The van der Waals surface area contributed by atoms with Gasteiger partial charge in [0.2, 0.25) is 11.8 Å². The molecule has 33 heavy (non-hydrogen) atoms. The molecule has 2 atom stereocenters. The second kappa shape index (κ2) is 9.97. The van der Waals surface area contributed by atoms with Crippen molar-refractivity contribution in [3.63, 3.8) is 0 Å². The number of hydroxylamine groups is 3. The van der Waals surface area contributed by atoms with Gasteiger partial charge in [0.25, 0.3) is 10.2 Å². The summed E-state index contributed by atoms with van der Waals surface area (Å²) in [6, 6.07) is 8.10. The number of likely N-dealkylation sites (N-methyl/N-ethyl adjacent to an activating group) is 1. The number of aromatic amines is 1. The first-order valence-electron chi connectivity index (χ1n) is 10.5. The molecule has 0 spiro atoms. The van der Waals surface area contributed by atoms with E-state index in [0.29, 0.717) is 0 Å². The van der Waals surface area contributed by atoms with Crippen molar-refractivity contribution in [2.45, 2.75) is 25.4 Å². The van der Waals surface area contributed by atoms with Gasteiger partial charge in [0.05, 0.1) is 39.4 Å². The van der Waals surface area contributed by atoms with Crippen LogP contribution in [0.2, 0.25) is 0 Å². The molecule has 2 amide bonds. The molecular formula is C20H29N7O5S. The Hall–Kier alpha value is -2.84. The van der Waals surface area contributed by atoms with Gasteiger partial charge in [-0.2, -0.15) is 22.5 Å². The van der Waals surface area contributed by atoms with Crippen LogP contribution in [0.25, 0.3) is 0 Å². The molecule has 1 aromatic heterocycles. The van der Waals surface area contributed by atoms with Gasteiger partial charge in [0, 0.05) is 6.07 Å². The van der Waals surface area contributed by atoms with Crippen molar-refractivity contribution in [3.8, 4) is 0 Å². The lowest BCUT2D eigenvalue weighted by atomic mass is 10.0. The van der Waals surface area contributed by atoms with Crippen molar-refractivity contribution in [3.05, 3.63) is 53.4 Å². The third kappa shape index (κ3) is 6.15. The first kappa shape index (κ1) is 24.8. The number of hydrogen-bond donors (Lipinski definition) is 3. The number of aromatic nitrogens is 2. The zero-order valence-corrected chi connectivity index (χ0v) is 19.4. The number of hydrogen-bond acceptors (Lipinski definition) is 6. The van der Waals surface area contributed by atoms with Gasteiger partial charge in [-0.3, -0.25) is 19.6 Å². The Bertz CT molecular complexity index is 1050. The number of primary amides is 1. The Balaban J connectivity index is 1.91. The van der Waals surface area contributed by atoms with Crippen LogP contribution in [-0.2, 0) is 26.2 Å². The Morgan fingerprint density at radius 1 is 1.27 bits per heavy atom. The van der Waals surface area contributed by atoms with Crippen LogP contribution in [-0.4, -0.2) is 84.7 Å². The van der Waals surface area contributed by atoms with Crippen LogP contribution in [0.3, 0.4) is 0 Å². The predicted molar refractivity (Wildman–Crippen MR) is 122 cm³/mol. The van der Waals surface area contributed by atoms with Crippen LogP contribution in [0.15, 0.2) is 42.6 Å². The number of anilines is 1. The SMILES string of the molecule is C[C@@H](C(N)=O)N(C(=O)[C@H](Cc1ccccc1)NS(=O)(=O)N1CC[N+](C)([O-])CC1)c1ccn[nH]1. The van der Waals surface area contributed by atoms with Gasteiger partial charge < -0.3 is 15.6 Å².